The molecule has 0 saturated heterocycles. The molecule has 2 rings (SSSR count). The van der Waals surface area contributed by atoms with Crippen molar-refractivity contribution in [2.24, 2.45) is 0 Å². The Kier molecular flexibility index (Phi) is 4.40. The van der Waals surface area contributed by atoms with Gasteiger partial charge in [-0.1, -0.05) is 29.3 Å². The molecule has 0 saturated carbocycles. The zero-order valence-electron chi connectivity index (χ0n) is 9.71. The lowest BCUT2D eigenvalue weighted by molar-refractivity contribution is 0.178. The fraction of sp³-hybridized carbons (Fsp3) is 0.143. The average molecular weight is 303 g/mol. The first kappa shape index (κ1) is 14.3. The van der Waals surface area contributed by atoms with Crippen LogP contribution in [0.25, 0.3) is 0 Å². The van der Waals surface area contributed by atoms with Crippen molar-refractivity contribution in [2.75, 3.05) is 0 Å². The fourth-order valence-electron chi connectivity index (χ4n) is 1.83. The van der Waals surface area contributed by atoms with E-state index in [-0.39, 0.29) is 6.42 Å². The molecular formula is C14H10Cl2F2O. The van der Waals surface area contributed by atoms with Crippen LogP contribution >= 0.6 is 23.2 Å². The molecule has 2 aromatic carbocycles. The second kappa shape index (κ2) is 5.87. The first-order valence-electron chi connectivity index (χ1n) is 5.53. The van der Waals surface area contributed by atoms with E-state index < -0.39 is 17.7 Å². The molecule has 0 radical (unpaired) electrons. The zero-order valence-corrected chi connectivity index (χ0v) is 11.2. The topological polar surface area (TPSA) is 20.2 Å². The second-order valence-electron chi connectivity index (χ2n) is 4.16. The molecule has 0 aromatic heterocycles. The van der Waals surface area contributed by atoms with E-state index in [9.17, 15) is 13.9 Å². The maximum Gasteiger partial charge on any atom is 0.126 e. The first-order valence-corrected chi connectivity index (χ1v) is 6.29. The summed E-state index contributed by atoms with van der Waals surface area (Å²) < 4.78 is 26.1. The maximum absolute atomic E-state index is 13.0. The van der Waals surface area contributed by atoms with Gasteiger partial charge in [0, 0.05) is 22.5 Å². The highest BCUT2D eigenvalue weighted by atomic mass is 35.5. The standard InChI is InChI=1S/C14H10Cl2F2O/c15-9-1-2-12(13(16)6-9)14(19)5-8-3-10(17)7-11(18)4-8/h1-4,6-7,14,19H,5H2. The molecular weight excluding hydrogens is 293 g/mol. The largest absolute Gasteiger partial charge is 0.388 e. The highest BCUT2D eigenvalue weighted by Gasteiger charge is 2.13. The SMILES string of the molecule is OC(Cc1cc(F)cc(F)c1)c1ccc(Cl)cc1Cl. The molecule has 0 fully saturated rings. The molecule has 0 bridgehead atoms. The third-order valence-electron chi connectivity index (χ3n) is 2.67. The Labute approximate surface area is 119 Å². The third kappa shape index (κ3) is 3.66. The van der Waals surface area contributed by atoms with E-state index in [1.807, 2.05) is 0 Å². The Morgan fingerprint density at radius 2 is 1.63 bits per heavy atom. The van der Waals surface area contributed by atoms with Gasteiger partial charge in [0.2, 0.25) is 0 Å². The van der Waals surface area contributed by atoms with Gasteiger partial charge in [-0.2, -0.15) is 0 Å². The number of rotatable bonds is 3. The highest BCUT2D eigenvalue weighted by molar-refractivity contribution is 6.35. The van der Waals surface area contributed by atoms with E-state index in [2.05, 4.69) is 0 Å². The molecule has 19 heavy (non-hydrogen) atoms. The van der Waals surface area contributed by atoms with Gasteiger partial charge in [-0.15, -0.1) is 0 Å². The van der Waals surface area contributed by atoms with Gasteiger partial charge >= 0.3 is 0 Å². The molecule has 0 aliphatic heterocycles. The lowest BCUT2D eigenvalue weighted by Gasteiger charge is -2.13. The van der Waals surface area contributed by atoms with Crippen LogP contribution in [0.15, 0.2) is 36.4 Å². The van der Waals surface area contributed by atoms with Crippen LogP contribution in [-0.2, 0) is 6.42 Å². The summed E-state index contributed by atoms with van der Waals surface area (Å²) in [5.41, 5.74) is 0.826. The lowest BCUT2D eigenvalue weighted by atomic mass is 10.0. The Bertz CT molecular complexity index is 582. The molecule has 0 amide bonds. The second-order valence-corrected chi connectivity index (χ2v) is 5.01. The van der Waals surface area contributed by atoms with Crippen LogP contribution < -0.4 is 0 Å². The number of hydrogen-bond acceptors (Lipinski definition) is 1. The monoisotopic (exact) mass is 302 g/mol. The van der Waals surface area contributed by atoms with Gasteiger partial charge in [0.1, 0.15) is 11.6 Å². The third-order valence-corrected chi connectivity index (χ3v) is 3.24. The van der Waals surface area contributed by atoms with E-state index in [1.165, 1.54) is 18.2 Å². The van der Waals surface area contributed by atoms with Crippen LogP contribution in [0.3, 0.4) is 0 Å². The normalized spacial score (nSPS) is 12.5. The van der Waals surface area contributed by atoms with Crippen molar-refractivity contribution in [3.8, 4) is 0 Å². The summed E-state index contributed by atoms with van der Waals surface area (Å²) in [5.74, 6) is -1.35. The van der Waals surface area contributed by atoms with Crippen LogP contribution in [0, 0.1) is 11.6 Å². The van der Waals surface area contributed by atoms with E-state index >= 15 is 0 Å². The molecule has 0 aliphatic rings. The van der Waals surface area contributed by atoms with Crippen LogP contribution in [0.4, 0.5) is 8.78 Å². The Hall–Kier alpha value is -1.16. The summed E-state index contributed by atoms with van der Waals surface area (Å²) in [7, 11) is 0. The Balaban J connectivity index is 2.22. The predicted octanol–water partition coefficient (Wildman–Crippen LogP) is 4.55. The minimum absolute atomic E-state index is 0.0655. The summed E-state index contributed by atoms with van der Waals surface area (Å²) in [6.07, 6.45) is -0.887. The molecule has 1 atom stereocenters. The molecule has 1 unspecified atom stereocenters. The molecule has 0 aliphatic carbocycles. The van der Waals surface area contributed by atoms with E-state index in [4.69, 9.17) is 23.2 Å². The van der Waals surface area contributed by atoms with E-state index in [1.54, 1.807) is 12.1 Å². The van der Waals surface area contributed by atoms with Gasteiger partial charge in [0.15, 0.2) is 0 Å². The molecule has 1 N–H and O–H groups in total. The van der Waals surface area contributed by atoms with Crippen molar-refractivity contribution in [3.63, 3.8) is 0 Å². The minimum atomic E-state index is -0.953. The van der Waals surface area contributed by atoms with Gasteiger partial charge in [-0.05, 0) is 35.4 Å². The summed E-state index contributed by atoms with van der Waals surface area (Å²) in [6, 6.07) is 7.83. The number of benzene rings is 2. The zero-order chi connectivity index (χ0) is 14.0. The first-order chi connectivity index (χ1) is 8.95. The van der Waals surface area contributed by atoms with Gasteiger partial charge in [0.25, 0.3) is 0 Å². The van der Waals surface area contributed by atoms with Crippen molar-refractivity contribution < 1.29 is 13.9 Å². The van der Waals surface area contributed by atoms with Crippen LogP contribution in [-0.4, -0.2) is 5.11 Å². The summed E-state index contributed by atoms with van der Waals surface area (Å²) >= 11 is 11.7. The fourth-order valence-corrected chi connectivity index (χ4v) is 2.37. The number of aliphatic hydroxyl groups excluding tert-OH is 1. The average Bonchev–Trinajstić information content (AvgIpc) is 2.26. The van der Waals surface area contributed by atoms with Crippen LogP contribution in [0.5, 0.6) is 0 Å². The Morgan fingerprint density at radius 3 is 2.21 bits per heavy atom. The van der Waals surface area contributed by atoms with Gasteiger partial charge < -0.3 is 5.11 Å². The van der Waals surface area contributed by atoms with Crippen LogP contribution in [0.2, 0.25) is 10.0 Å². The van der Waals surface area contributed by atoms with Crippen molar-refractivity contribution >= 4 is 23.2 Å². The number of aliphatic hydroxyl groups is 1. The van der Waals surface area contributed by atoms with Crippen molar-refractivity contribution in [1.29, 1.82) is 0 Å². The smallest absolute Gasteiger partial charge is 0.126 e. The molecule has 2 aromatic rings. The quantitative estimate of drug-likeness (QED) is 0.882. The Morgan fingerprint density at radius 1 is 1.00 bits per heavy atom. The predicted molar refractivity (Wildman–Crippen MR) is 71.5 cm³/mol. The maximum atomic E-state index is 13.0. The minimum Gasteiger partial charge on any atom is -0.388 e. The van der Waals surface area contributed by atoms with Crippen molar-refractivity contribution in [1.82, 2.24) is 0 Å². The van der Waals surface area contributed by atoms with Gasteiger partial charge in [0.05, 0.1) is 6.10 Å². The van der Waals surface area contributed by atoms with Crippen molar-refractivity contribution in [3.05, 3.63) is 69.2 Å². The van der Waals surface area contributed by atoms with Crippen molar-refractivity contribution in [2.45, 2.75) is 12.5 Å². The van der Waals surface area contributed by atoms with Crippen LogP contribution in [0.1, 0.15) is 17.2 Å². The summed E-state index contributed by atoms with van der Waals surface area (Å²) in [5, 5.41) is 10.8. The molecule has 5 heteroatoms. The molecule has 0 spiro atoms. The summed E-state index contributed by atoms with van der Waals surface area (Å²) in [4.78, 5) is 0. The lowest BCUT2D eigenvalue weighted by Crippen LogP contribution is -2.03. The summed E-state index contributed by atoms with van der Waals surface area (Å²) in [6.45, 7) is 0. The van der Waals surface area contributed by atoms with E-state index in [0.29, 0.717) is 21.2 Å². The molecule has 1 nitrogen and oxygen atoms in total. The molecule has 0 heterocycles. The number of hydrogen-bond donors (Lipinski definition) is 1. The number of halogens is 4. The highest BCUT2D eigenvalue weighted by Crippen LogP contribution is 2.28. The van der Waals surface area contributed by atoms with Gasteiger partial charge in [-0.3, -0.25) is 0 Å². The molecule has 100 valence electrons. The van der Waals surface area contributed by atoms with Gasteiger partial charge in [-0.25, -0.2) is 8.78 Å². The van der Waals surface area contributed by atoms with E-state index in [0.717, 1.165) is 6.07 Å².